The van der Waals surface area contributed by atoms with E-state index in [0.717, 1.165) is 5.56 Å². The van der Waals surface area contributed by atoms with Crippen LogP contribution in [0.5, 0.6) is 0 Å². The van der Waals surface area contributed by atoms with Gasteiger partial charge in [-0.05, 0) is 24.6 Å². The third-order valence-corrected chi connectivity index (χ3v) is 3.17. The molecule has 0 bridgehead atoms. The van der Waals surface area contributed by atoms with Crippen LogP contribution in [0.4, 0.5) is 4.39 Å². The molecule has 2 aromatic rings. The monoisotopic (exact) mass is 264 g/mol. The van der Waals surface area contributed by atoms with Gasteiger partial charge in [0.15, 0.2) is 0 Å². The Balaban J connectivity index is 2.03. The molecule has 1 atom stereocenters. The third kappa shape index (κ3) is 3.06. The van der Waals surface area contributed by atoms with E-state index in [1.54, 1.807) is 24.5 Å². The lowest BCUT2D eigenvalue weighted by Gasteiger charge is -2.15. The van der Waals surface area contributed by atoms with Gasteiger partial charge in [0, 0.05) is 30.5 Å². The number of halogens is 2. The van der Waals surface area contributed by atoms with Crippen LogP contribution in [-0.2, 0) is 6.54 Å². The highest BCUT2D eigenvalue weighted by molar-refractivity contribution is 6.31. The highest BCUT2D eigenvalue weighted by atomic mass is 35.5. The molecule has 0 aliphatic carbocycles. The number of rotatable bonds is 4. The maximum Gasteiger partial charge on any atom is 0.127 e. The van der Waals surface area contributed by atoms with Gasteiger partial charge in [0.05, 0.1) is 5.02 Å². The lowest BCUT2D eigenvalue weighted by atomic mass is 10.1. The summed E-state index contributed by atoms with van der Waals surface area (Å²) >= 11 is 6.01. The fraction of sp³-hybridized carbons (Fsp3) is 0.214. The summed E-state index contributed by atoms with van der Waals surface area (Å²) in [6.45, 7) is 2.50. The van der Waals surface area contributed by atoms with E-state index in [4.69, 9.17) is 11.6 Å². The van der Waals surface area contributed by atoms with E-state index in [-0.39, 0.29) is 11.9 Å². The SMILES string of the molecule is C[C@@H](NCc1ccncc1Cl)c1ccccc1F. The zero-order valence-corrected chi connectivity index (χ0v) is 10.8. The van der Waals surface area contributed by atoms with E-state index < -0.39 is 0 Å². The van der Waals surface area contributed by atoms with Crippen LogP contribution in [0.3, 0.4) is 0 Å². The van der Waals surface area contributed by atoms with Gasteiger partial charge in [0.1, 0.15) is 5.82 Å². The molecule has 1 N–H and O–H groups in total. The summed E-state index contributed by atoms with van der Waals surface area (Å²) in [5.41, 5.74) is 1.61. The Bertz CT molecular complexity index is 531. The van der Waals surface area contributed by atoms with Crippen LogP contribution in [0.2, 0.25) is 5.02 Å². The molecule has 0 saturated heterocycles. The smallest absolute Gasteiger partial charge is 0.127 e. The van der Waals surface area contributed by atoms with Crippen molar-refractivity contribution in [3.05, 3.63) is 64.7 Å². The van der Waals surface area contributed by atoms with Crippen LogP contribution >= 0.6 is 11.6 Å². The van der Waals surface area contributed by atoms with Crippen LogP contribution in [0, 0.1) is 5.82 Å². The van der Waals surface area contributed by atoms with Gasteiger partial charge in [-0.2, -0.15) is 0 Å². The molecule has 1 aromatic heterocycles. The first kappa shape index (κ1) is 13.0. The molecule has 2 rings (SSSR count). The Morgan fingerprint density at radius 1 is 1.33 bits per heavy atom. The molecule has 0 aliphatic heterocycles. The number of nitrogens with one attached hydrogen (secondary N) is 1. The Morgan fingerprint density at radius 2 is 2.11 bits per heavy atom. The molecule has 0 saturated carbocycles. The summed E-state index contributed by atoms with van der Waals surface area (Å²) in [5.74, 6) is -0.196. The first-order chi connectivity index (χ1) is 8.68. The molecule has 0 aliphatic rings. The van der Waals surface area contributed by atoms with E-state index >= 15 is 0 Å². The van der Waals surface area contributed by atoms with Gasteiger partial charge in [-0.1, -0.05) is 29.8 Å². The number of hydrogen-bond donors (Lipinski definition) is 1. The first-order valence-electron chi connectivity index (χ1n) is 5.74. The normalized spacial score (nSPS) is 12.4. The summed E-state index contributed by atoms with van der Waals surface area (Å²) in [7, 11) is 0. The third-order valence-electron chi connectivity index (χ3n) is 2.83. The van der Waals surface area contributed by atoms with Crippen LogP contribution in [0.15, 0.2) is 42.7 Å². The summed E-state index contributed by atoms with van der Waals surface area (Å²) in [6, 6.07) is 8.54. The van der Waals surface area contributed by atoms with Crippen molar-refractivity contribution in [3.8, 4) is 0 Å². The Hall–Kier alpha value is -1.45. The van der Waals surface area contributed by atoms with Gasteiger partial charge in [0.25, 0.3) is 0 Å². The quantitative estimate of drug-likeness (QED) is 0.910. The average molecular weight is 265 g/mol. The number of pyridine rings is 1. The standard InChI is InChI=1S/C14H14ClFN2/c1-10(12-4-2-3-5-14(12)16)18-8-11-6-7-17-9-13(11)15/h2-7,9-10,18H,8H2,1H3/t10-/m1/s1. The minimum absolute atomic E-state index is 0.0737. The largest absolute Gasteiger partial charge is 0.306 e. The Kier molecular flexibility index (Phi) is 4.28. The van der Waals surface area contributed by atoms with E-state index in [2.05, 4.69) is 10.3 Å². The zero-order valence-electron chi connectivity index (χ0n) is 10.0. The van der Waals surface area contributed by atoms with Crippen LogP contribution < -0.4 is 5.32 Å². The Morgan fingerprint density at radius 3 is 2.83 bits per heavy atom. The number of benzene rings is 1. The van der Waals surface area contributed by atoms with Gasteiger partial charge in [0.2, 0.25) is 0 Å². The minimum atomic E-state index is -0.196. The maximum atomic E-state index is 13.6. The van der Waals surface area contributed by atoms with Crippen molar-refractivity contribution in [1.82, 2.24) is 10.3 Å². The summed E-state index contributed by atoms with van der Waals surface area (Å²) in [4.78, 5) is 3.92. The lowest BCUT2D eigenvalue weighted by Crippen LogP contribution is -2.19. The van der Waals surface area contributed by atoms with E-state index in [0.29, 0.717) is 17.1 Å². The second kappa shape index (κ2) is 5.94. The van der Waals surface area contributed by atoms with Gasteiger partial charge in [-0.3, -0.25) is 4.98 Å². The molecular formula is C14H14ClFN2. The zero-order chi connectivity index (χ0) is 13.0. The number of hydrogen-bond acceptors (Lipinski definition) is 2. The molecular weight excluding hydrogens is 251 g/mol. The molecule has 18 heavy (non-hydrogen) atoms. The molecule has 0 unspecified atom stereocenters. The predicted octanol–water partition coefficient (Wildman–Crippen LogP) is 3.72. The van der Waals surface area contributed by atoms with Crippen LogP contribution in [-0.4, -0.2) is 4.98 Å². The van der Waals surface area contributed by atoms with E-state index in [1.807, 2.05) is 19.1 Å². The molecule has 0 fully saturated rings. The molecule has 4 heteroatoms. The fourth-order valence-electron chi connectivity index (χ4n) is 1.75. The van der Waals surface area contributed by atoms with Crippen molar-refractivity contribution in [1.29, 1.82) is 0 Å². The van der Waals surface area contributed by atoms with Crippen molar-refractivity contribution in [2.75, 3.05) is 0 Å². The van der Waals surface area contributed by atoms with Crippen LogP contribution in [0.1, 0.15) is 24.1 Å². The minimum Gasteiger partial charge on any atom is -0.306 e. The summed E-state index contributed by atoms with van der Waals surface area (Å²) in [6.07, 6.45) is 3.29. The topological polar surface area (TPSA) is 24.9 Å². The second-order valence-electron chi connectivity index (χ2n) is 4.09. The molecule has 0 radical (unpaired) electrons. The Labute approximate surface area is 111 Å². The molecule has 2 nitrogen and oxygen atoms in total. The molecule has 1 heterocycles. The molecule has 1 aromatic carbocycles. The first-order valence-corrected chi connectivity index (χ1v) is 6.12. The molecule has 94 valence electrons. The van der Waals surface area contributed by atoms with Gasteiger partial charge < -0.3 is 5.32 Å². The lowest BCUT2D eigenvalue weighted by molar-refractivity contribution is 0.528. The van der Waals surface area contributed by atoms with Gasteiger partial charge in [-0.25, -0.2) is 4.39 Å². The summed E-state index contributed by atoms with van der Waals surface area (Å²) in [5, 5.41) is 3.86. The van der Waals surface area contributed by atoms with Crippen molar-refractivity contribution in [2.24, 2.45) is 0 Å². The van der Waals surface area contributed by atoms with E-state index in [9.17, 15) is 4.39 Å². The highest BCUT2D eigenvalue weighted by Gasteiger charge is 2.10. The number of nitrogens with zero attached hydrogens (tertiary/aromatic N) is 1. The second-order valence-corrected chi connectivity index (χ2v) is 4.50. The highest BCUT2D eigenvalue weighted by Crippen LogP contribution is 2.18. The van der Waals surface area contributed by atoms with Gasteiger partial charge >= 0.3 is 0 Å². The molecule has 0 spiro atoms. The summed E-state index contributed by atoms with van der Waals surface area (Å²) < 4.78 is 13.6. The van der Waals surface area contributed by atoms with Crippen molar-refractivity contribution < 1.29 is 4.39 Å². The average Bonchev–Trinajstić information content (AvgIpc) is 2.38. The van der Waals surface area contributed by atoms with Crippen LogP contribution in [0.25, 0.3) is 0 Å². The fourth-order valence-corrected chi connectivity index (χ4v) is 1.93. The van der Waals surface area contributed by atoms with E-state index in [1.165, 1.54) is 6.07 Å². The number of aromatic nitrogens is 1. The maximum absolute atomic E-state index is 13.6. The van der Waals surface area contributed by atoms with Crippen molar-refractivity contribution in [2.45, 2.75) is 19.5 Å². The van der Waals surface area contributed by atoms with Crippen molar-refractivity contribution >= 4 is 11.6 Å². The predicted molar refractivity (Wildman–Crippen MR) is 70.9 cm³/mol. The van der Waals surface area contributed by atoms with Gasteiger partial charge in [-0.15, -0.1) is 0 Å². The molecule has 0 amide bonds. The van der Waals surface area contributed by atoms with Crippen molar-refractivity contribution in [3.63, 3.8) is 0 Å².